The fourth-order valence-corrected chi connectivity index (χ4v) is 1.63. The number of carbonyl (C=O) groups is 2. The molecule has 1 aromatic rings. The first-order chi connectivity index (χ1) is 7.69. The molecule has 1 aliphatic rings. The Labute approximate surface area is 93.2 Å². The highest BCUT2D eigenvalue weighted by Gasteiger charge is 2.23. The molecule has 0 bridgehead atoms. The third-order valence-corrected chi connectivity index (χ3v) is 2.51. The average molecular weight is 222 g/mol. The van der Waals surface area contributed by atoms with Gasteiger partial charge in [-0.1, -0.05) is 0 Å². The average Bonchev–Trinajstić information content (AvgIpc) is 2.71. The van der Waals surface area contributed by atoms with Crippen LogP contribution in [0, 0.1) is 0 Å². The number of nitrogens with one attached hydrogen (secondary N) is 1. The molecule has 6 nitrogen and oxygen atoms in total. The van der Waals surface area contributed by atoms with Crippen LogP contribution in [0.15, 0.2) is 12.4 Å². The van der Waals surface area contributed by atoms with Gasteiger partial charge in [0.25, 0.3) is 0 Å². The van der Waals surface area contributed by atoms with Crippen LogP contribution in [-0.2, 0) is 22.7 Å². The molecule has 1 fully saturated rings. The van der Waals surface area contributed by atoms with E-state index in [1.54, 1.807) is 10.9 Å². The standard InChI is InChI=1S/C10H14N4O2/c1-2-14-6-8(3-12-14)5-13-7-9(15)11-4-10(13)16/h3,6H,2,4-5,7H2,1H3,(H,11,15). The monoisotopic (exact) mass is 222 g/mol. The summed E-state index contributed by atoms with van der Waals surface area (Å²) in [5.41, 5.74) is 0.949. The second-order valence-corrected chi connectivity index (χ2v) is 3.73. The Hall–Kier alpha value is -1.85. The summed E-state index contributed by atoms with van der Waals surface area (Å²) in [7, 11) is 0. The van der Waals surface area contributed by atoms with Crippen molar-refractivity contribution in [1.29, 1.82) is 0 Å². The minimum Gasteiger partial charge on any atom is -0.345 e. The van der Waals surface area contributed by atoms with Gasteiger partial charge in [-0.3, -0.25) is 14.3 Å². The molecule has 0 radical (unpaired) electrons. The highest BCUT2D eigenvalue weighted by Crippen LogP contribution is 2.05. The number of rotatable bonds is 3. The van der Waals surface area contributed by atoms with Gasteiger partial charge in [0.2, 0.25) is 11.8 Å². The smallest absolute Gasteiger partial charge is 0.242 e. The summed E-state index contributed by atoms with van der Waals surface area (Å²) in [6.07, 6.45) is 3.61. The van der Waals surface area contributed by atoms with E-state index in [1.165, 1.54) is 4.90 Å². The van der Waals surface area contributed by atoms with Crippen LogP contribution in [0.2, 0.25) is 0 Å². The summed E-state index contributed by atoms with van der Waals surface area (Å²) in [5.74, 6) is -0.161. The maximum atomic E-state index is 11.5. The van der Waals surface area contributed by atoms with Crippen molar-refractivity contribution >= 4 is 11.8 Å². The number of nitrogens with zero attached hydrogens (tertiary/aromatic N) is 3. The molecule has 0 saturated carbocycles. The molecule has 1 N–H and O–H groups in total. The van der Waals surface area contributed by atoms with Crippen LogP contribution in [0.25, 0.3) is 0 Å². The van der Waals surface area contributed by atoms with Crippen molar-refractivity contribution in [3.05, 3.63) is 18.0 Å². The lowest BCUT2D eigenvalue weighted by atomic mass is 10.3. The van der Waals surface area contributed by atoms with Crippen molar-refractivity contribution < 1.29 is 9.59 Å². The summed E-state index contributed by atoms with van der Waals surface area (Å²) < 4.78 is 1.80. The van der Waals surface area contributed by atoms with Gasteiger partial charge in [0, 0.05) is 24.8 Å². The Kier molecular flexibility index (Phi) is 2.89. The minimum atomic E-state index is -0.109. The van der Waals surface area contributed by atoms with Gasteiger partial charge in [0.1, 0.15) is 0 Å². The van der Waals surface area contributed by atoms with Crippen LogP contribution >= 0.6 is 0 Å². The molecule has 2 amide bonds. The number of hydrogen-bond donors (Lipinski definition) is 1. The van der Waals surface area contributed by atoms with Crippen molar-refractivity contribution in [1.82, 2.24) is 20.0 Å². The number of aromatic nitrogens is 2. The van der Waals surface area contributed by atoms with Crippen LogP contribution in [-0.4, -0.2) is 39.6 Å². The molecule has 0 spiro atoms. The van der Waals surface area contributed by atoms with Crippen LogP contribution in [0.4, 0.5) is 0 Å². The number of amides is 2. The van der Waals surface area contributed by atoms with Gasteiger partial charge in [-0.05, 0) is 6.92 Å². The van der Waals surface area contributed by atoms with Crippen molar-refractivity contribution in [2.45, 2.75) is 20.0 Å². The van der Waals surface area contributed by atoms with E-state index in [1.807, 2.05) is 13.1 Å². The third kappa shape index (κ3) is 2.21. The Morgan fingerprint density at radius 3 is 3.00 bits per heavy atom. The van der Waals surface area contributed by atoms with Gasteiger partial charge < -0.3 is 10.2 Å². The van der Waals surface area contributed by atoms with Crippen molar-refractivity contribution in [2.24, 2.45) is 0 Å². The van der Waals surface area contributed by atoms with Crippen molar-refractivity contribution in [3.63, 3.8) is 0 Å². The zero-order chi connectivity index (χ0) is 11.5. The second kappa shape index (κ2) is 4.34. The van der Waals surface area contributed by atoms with Crippen LogP contribution in [0.1, 0.15) is 12.5 Å². The lowest BCUT2D eigenvalue weighted by molar-refractivity contribution is -0.141. The van der Waals surface area contributed by atoms with Crippen molar-refractivity contribution in [3.8, 4) is 0 Å². The van der Waals surface area contributed by atoms with Gasteiger partial charge >= 0.3 is 0 Å². The molecule has 0 unspecified atom stereocenters. The zero-order valence-corrected chi connectivity index (χ0v) is 9.14. The van der Waals surface area contributed by atoms with E-state index >= 15 is 0 Å². The van der Waals surface area contributed by atoms with Gasteiger partial charge in [0.15, 0.2) is 0 Å². The van der Waals surface area contributed by atoms with E-state index in [0.717, 1.165) is 12.1 Å². The zero-order valence-electron chi connectivity index (χ0n) is 9.14. The molecular weight excluding hydrogens is 208 g/mol. The summed E-state index contributed by atoms with van der Waals surface area (Å²) in [6, 6.07) is 0. The lowest BCUT2D eigenvalue weighted by Gasteiger charge is -2.25. The Bertz CT molecular complexity index is 413. The number of aryl methyl sites for hydroxylation is 1. The minimum absolute atomic E-state index is 0.0520. The Morgan fingerprint density at radius 2 is 2.31 bits per heavy atom. The first-order valence-electron chi connectivity index (χ1n) is 5.25. The van der Waals surface area contributed by atoms with Crippen LogP contribution in [0.3, 0.4) is 0 Å². The second-order valence-electron chi connectivity index (χ2n) is 3.73. The van der Waals surface area contributed by atoms with E-state index in [9.17, 15) is 9.59 Å². The normalized spacial score (nSPS) is 16.4. The molecule has 86 valence electrons. The third-order valence-electron chi connectivity index (χ3n) is 2.51. The fourth-order valence-electron chi connectivity index (χ4n) is 1.63. The molecule has 2 rings (SSSR count). The molecule has 2 heterocycles. The molecule has 1 aliphatic heterocycles. The predicted molar refractivity (Wildman–Crippen MR) is 56.3 cm³/mol. The van der Waals surface area contributed by atoms with E-state index in [0.29, 0.717) is 6.54 Å². The summed E-state index contributed by atoms with van der Waals surface area (Å²) in [6.45, 7) is 3.48. The molecule has 6 heteroatoms. The highest BCUT2D eigenvalue weighted by molar-refractivity contribution is 5.92. The first kappa shape index (κ1) is 10.7. The maximum absolute atomic E-state index is 11.5. The molecule has 0 aliphatic carbocycles. The van der Waals surface area contributed by atoms with E-state index < -0.39 is 0 Å². The van der Waals surface area contributed by atoms with Gasteiger partial charge in [0.05, 0.1) is 19.3 Å². The Morgan fingerprint density at radius 1 is 1.50 bits per heavy atom. The topological polar surface area (TPSA) is 67.2 Å². The van der Waals surface area contributed by atoms with Gasteiger partial charge in [-0.2, -0.15) is 5.10 Å². The summed E-state index contributed by atoms with van der Waals surface area (Å²) in [5, 5.41) is 6.64. The molecular formula is C10H14N4O2. The van der Waals surface area contributed by atoms with E-state index in [2.05, 4.69) is 10.4 Å². The fraction of sp³-hybridized carbons (Fsp3) is 0.500. The molecule has 1 aromatic heterocycles. The van der Waals surface area contributed by atoms with Crippen LogP contribution in [0.5, 0.6) is 0 Å². The quantitative estimate of drug-likeness (QED) is 0.739. The summed E-state index contributed by atoms with van der Waals surface area (Å²) >= 11 is 0. The molecule has 0 atom stereocenters. The highest BCUT2D eigenvalue weighted by atomic mass is 16.2. The summed E-state index contributed by atoms with van der Waals surface area (Å²) in [4.78, 5) is 24.2. The number of carbonyl (C=O) groups excluding carboxylic acids is 2. The van der Waals surface area contributed by atoms with Crippen molar-refractivity contribution in [2.75, 3.05) is 13.1 Å². The van der Waals surface area contributed by atoms with Gasteiger partial charge in [-0.25, -0.2) is 0 Å². The first-order valence-corrected chi connectivity index (χ1v) is 5.25. The largest absolute Gasteiger partial charge is 0.345 e. The van der Waals surface area contributed by atoms with Gasteiger partial charge in [-0.15, -0.1) is 0 Å². The number of piperazine rings is 1. The SMILES string of the molecule is CCn1cc(CN2CC(=O)NCC2=O)cn1. The molecule has 16 heavy (non-hydrogen) atoms. The number of hydrogen-bond acceptors (Lipinski definition) is 3. The van der Waals surface area contributed by atoms with E-state index in [-0.39, 0.29) is 24.9 Å². The molecule has 0 aromatic carbocycles. The lowest BCUT2D eigenvalue weighted by Crippen LogP contribution is -2.50. The Balaban J connectivity index is 2.02. The predicted octanol–water partition coefficient (Wildman–Crippen LogP) is -0.639. The van der Waals surface area contributed by atoms with E-state index in [4.69, 9.17) is 0 Å². The molecule has 1 saturated heterocycles. The van der Waals surface area contributed by atoms with Crippen LogP contribution < -0.4 is 5.32 Å². The maximum Gasteiger partial charge on any atom is 0.242 e.